The van der Waals surface area contributed by atoms with Gasteiger partial charge in [-0.1, -0.05) is 0 Å². The van der Waals surface area contributed by atoms with E-state index < -0.39 is 0 Å². The number of ether oxygens (including phenoxy) is 1. The van der Waals surface area contributed by atoms with Crippen LogP contribution in [-0.2, 0) is 0 Å². The summed E-state index contributed by atoms with van der Waals surface area (Å²) in [6.07, 6.45) is 7.47. The lowest BCUT2D eigenvalue weighted by Gasteiger charge is -2.18. The summed E-state index contributed by atoms with van der Waals surface area (Å²) in [5, 5.41) is 3.64. The Morgan fingerprint density at radius 1 is 1.25 bits per heavy atom. The van der Waals surface area contributed by atoms with Gasteiger partial charge < -0.3 is 10.1 Å². The number of aromatic nitrogens is 1. The van der Waals surface area contributed by atoms with Crippen LogP contribution in [0.5, 0.6) is 5.88 Å². The minimum atomic E-state index is 0.681. The van der Waals surface area contributed by atoms with Crippen LogP contribution >= 0.6 is 0 Å². The fourth-order valence-corrected chi connectivity index (χ4v) is 2.31. The van der Waals surface area contributed by atoms with Crippen LogP contribution in [0.25, 0.3) is 0 Å². The van der Waals surface area contributed by atoms with Gasteiger partial charge in [0.2, 0.25) is 5.88 Å². The molecule has 0 atom stereocenters. The van der Waals surface area contributed by atoms with Crippen molar-refractivity contribution in [1.29, 1.82) is 0 Å². The van der Waals surface area contributed by atoms with E-state index in [1.807, 2.05) is 12.3 Å². The Bertz CT molecular complexity index is 343. The molecule has 3 nitrogen and oxygen atoms in total. The van der Waals surface area contributed by atoms with Crippen molar-refractivity contribution in [2.75, 3.05) is 12.4 Å². The number of pyridine rings is 1. The van der Waals surface area contributed by atoms with Crippen molar-refractivity contribution in [1.82, 2.24) is 4.98 Å². The highest BCUT2D eigenvalue weighted by Gasteiger charge is 2.41. The fraction of sp³-hybridized carbons (Fsp3) is 0.615. The topological polar surface area (TPSA) is 34.1 Å². The molecule has 0 aromatic carbocycles. The number of hydrogen-bond acceptors (Lipinski definition) is 3. The summed E-state index contributed by atoms with van der Waals surface area (Å²) in [5.41, 5.74) is 1.13. The van der Waals surface area contributed by atoms with Crippen molar-refractivity contribution >= 4 is 5.69 Å². The molecule has 3 heteroatoms. The van der Waals surface area contributed by atoms with Crippen molar-refractivity contribution in [2.24, 2.45) is 11.8 Å². The normalized spacial score (nSPS) is 19.9. The van der Waals surface area contributed by atoms with Crippen LogP contribution in [0.15, 0.2) is 18.3 Å². The van der Waals surface area contributed by atoms with Crippen molar-refractivity contribution < 1.29 is 4.74 Å². The molecule has 16 heavy (non-hydrogen) atoms. The molecular weight excluding hydrogens is 200 g/mol. The highest BCUT2D eigenvalue weighted by molar-refractivity contribution is 5.43. The lowest BCUT2D eigenvalue weighted by atomic mass is 10.1. The first-order valence-corrected chi connectivity index (χ1v) is 6.13. The minimum Gasteiger partial charge on any atom is -0.481 e. The van der Waals surface area contributed by atoms with Gasteiger partial charge in [-0.25, -0.2) is 4.98 Å². The summed E-state index contributed by atoms with van der Waals surface area (Å²) in [6.45, 7) is 0. The monoisotopic (exact) mass is 218 g/mol. The zero-order valence-corrected chi connectivity index (χ0v) is 9.65. The van der Waals surface area contributed by atoms with Gasteiger partial charge in [0.15, 0.2) is 0 Å². The number of nitrogens with zero attached hydrogens (tertiary/aromatic N) is 1. The summed E-state index contributed by atoms with van der Waals surface area (Å²) in [7, 11) is 1.65. The predicted octanol–water partition coefficient (Wildman–Crippen LogP) is 2.69. The SMILES string of the molecule is COc1ccc(NC(C2CC2)C2CC2)cn1. The molecule has 86 valence electrons. The van der Waals surface area contributed by atoms with Gasteiger partial charge >= 0.3 is 0 Å². The highest BCUT2D eigenvalue weighted by atomic mass is 16.5. The molecule has 1 aromatic heterocycles. The largest absolute Gasteiger partial charge is 0.481 e. The Morgan fingerprint density at radius 2 is 1.94 bits per heavy atom. The molecule has 1 aromatic rings. The zero-order valence-electron chi connectivity index (χ0n) is 9.65. The molecule has 0 amide bonds. The Morgan fingerprint density at radius 3 is 2.38 bits per heavy atom. The van der Waals surface area contributed by atoms with Crippen molar-refractivity contribution in [3.05, 3.63) is 18.3 Å². The van der Waals surface area contributed by atoms with E-state index in [2.05, 4.69) is 16.4 Å². The molecule has 3 rings (SSSR count). The number of nitrogens with one attached hydrogen (secondary N) is 1. The molecule has 2 saturated carbocycles. The maximum Gasteiger partial charge on any atom is 0.213 e. The van der Waals surface area contributed by atoms with Gasteiger partial charge in [-0.15, -0.1) is 0 Å². The van der Waals surface area contributed by atoms with E-state index in [-0.39, 0.29) is 0 Å². The van der Waals surface area contributed by atoms with Crippen LogP contribution < -0.4 is 10.1 Å². The Balaban J connectivity index is 1.66. The van der Waals surface area contributed by atoms with Crippen LogP contribution in [0.4, 0.5) is 5.69 Å². The van der Waals surface area contributed by atoms with Gasteiger partial charge in [0.25, 0.3) is 0 Å². The quantitative estimate of drug-likeness (QED) is 0.825. The molecule has 2 aliphatic carbocycles. The van der Waals surface area contributed by atoms with Gasteiger partial charge in [-0.05, 0) is 43.6 Å². The van der Waals surface area contributed by atoms with E-state index in [4.69, 9.17) is 4.74 Å². The average Bonchev–Trinajstić information content (AvgIpc) is 3.19. The van der Waals surface area contributed by atoms with Gasteiger partial charge in [0.05, 0.1) is 19.0 Å². The lowest BCUT2D eigenvalue weighted by Crippen LogP contribution is -2.24. The molecule has 2 fully saturated rings. The molecule has 1 heterocycles. The molecule has 0 aliphatic heterocycles. The van der Waals surface area contributed by atoms with Crippen molar-refractivity contribution in [3.63, 3.8) is 0 Å². The molecule has 0 spiro atoms. The molecule has 0 saturated heterocycles. The minimum absolute atomic E-state index is 0.681. The standard InChI is InChI=1S/C13H18N2O/c1-16-12-7-6-11(8-14-12)15-13(9-2-3-9)10-4-5-10/h6-10,13,15H,2-5H2,1H3. The third kappa shape index (κ3) is 2.13. The Labute approximate surface area is 96.2 Å². The van der Waals surface area contributed by atoms with Crippen LogP contribution in [0.1, 0.15) is 25.7 Å². The third-order valence-electron chi connectivity index (χ3n) is 3.54. The van der Waals surface area contributed by atoms with Crippen LogP contribution in [0.2, 0.25) is 0 Å². The molecule has 0 bridgehead atoms. The van der Waals surface area contributed by atoms with Gasteiger partial charge in [0, 0.05) is 12.1 Å². The smallest absolute Gasteiger partial charge is 0.213 e. The number of anilines is 1. The van der Waals surface area contributed by atoms with Crippen LogP contribution in [0, 0.1) is 11.8 Å². The van der Waals surface area contributed by atoms with E-state index in [9.17, 15) is 0 Å². The second kappa shape index (κ2) is 3.96. The summed E-state index contributed by atoms with van der Waals surface area (Å²) in [4.78, 5) is 4.22. The third-order valence-corrected chi connectivity index (χ3v) is 3.54. The lowest BCUT2D eigenvalue weighted by molar-refractivity contribution is 0.398. The van der Waals surface area contributed by atoms with E-state index in [1.54, 1.807) is 7.11 Å². The first-order valence-electron chi connectivity index (χ1n) is 6.13. The van der Waals surface area contributed by atoms with Crippen molar-refractivity contribution in [3.8, 4) is 5.88 Å². The van der Waals surface area contributed by atoms with E-state index >= 15 is 0 Å². The summed E-state index contributed by atoms with van der Waals surface area (Å²) < 4.78 is 5.05. The second-order valence-corrected chi connectivity index (χ2v) is 4.93. The summed E-state index contributed by atoms with van der Waals surface area (Å²) in [6, 6.07) is 4.66. The van der Waals surface area contributed by atoms with E-state index in [0.29, 0.717) is 11.9 Å². The molecule has 1 N–H and O–H groups in total. The van der Waals surface area contributed by atoms with Crippen molar-refractivity contribution in [2.45, 2.75) is 31.7 Å². The molecule has 0 radical (unpaired) electrons. The maximum absolute atomic E-state index is 5.05. The molecular formula is C13H18N2O. The Kier molecular flexibility index (Phi) is 2.46. The molecule has 2 aliphatic rings. The summed E-state index contributed by atoms with van der Waals surface area (Å²) in [5.74, 6) is 2.50. The fourth-order valence-electron chi connectivity index (χ4n) is 2.31. The van der Waals surface area contributed by atoms with Gasteiger partial charge in [0.1, 0.15) is 0 Å². The predicted molar refractivity (Wildman–Crippen MR) is 63.6 cm³/mol. The van der Waals surface area contributed by atoms with Crippen LogP contribution in [-0.4, -0.2) is 18.1 Å². The number of hydrogen-bond donors (Lipinski definition) is 1. The first-order chi connectivity index (χ1) is 7.86. The maximum atomic E-state index is 5.05. The Hall–Kier alpha value is -1.25. The second-order valence-electron chi connectivity index (χ2n) is 4.93. The first kappa shape index (κ1) is 9.94. The average molecular weight is 218 g/mol. The van der Waals surface area contributed by atoms with Crippen LogP contribution in [0.3, 0.4) is 0 Å². The summed E-state index contributed by atoms with van der Waals surface area (Å²) >= 11 is 0. The number of rotatable bonds is 5. The van der Waals surface area contributed by atoms with Gasteiger partial charge in [-0.2, -0.15) is 0 Å². The van der Waals surface area contributed by atoms with E-state index in [1.165, 1.54) is 25.7 Å². The molecule has 0 unspecified atom stereocenters. The van der Waals surface area contributed by atoms with Gasteiger partial charge in [-0.3, -0.25) is 0 Å². The highest BCUT2D eigenvalue weighted by Crippen LogP contribution is 2.45. The number of methoxy groups -OCH3 is 1. The van der Waals surface area contributed by atoms with E-state index in [0.717, 1.165) is 17.5 Å². The zero-order chi connectivity index (χ0) is 11.0.